The third kappa shape index (κ3) is 5.44. The van der Waals surface area contributed by atoms with Gasteiger partial charge in [0.15, 0.2) is 0 Å². The Bertz CT molecular complexity index is 1120. The first kappa shape index (κ1) is 21.4. The number of nitrogens with zero attached hydrogens (tertiary/aromatic N) is 2. The van der Waals surface area contributed by atoms with Gasteiger partial charge in [0.25, 0.3) is 0 Å². The van der Waals surface area contributed by atoms with Gasteiger partial charge in [0.05, 0.1) is 12.8 Å². The van der Waals surface area contributed by atoms with Crippen molar-refractivity contribution in [2.24, 2.45) is 0 Å². The van der Waals surface area contributed by atoms with Gasteiger partial charge in [-0.2, -0.15) is 4.98 Å². The smallest absolute Gasteiger partial charge is 0.215 e. The maximum Gasteiger partial charge on any atom is 0.215 e. The quantitative estimate of drug-likeness (QED) is 0.528. The zero-order valence-electron chi connectivity index (χ0n) is 17.3. The van der Waals surface area contributed by atoms with Crippen molar-refractivity contribution >= 4 is 22.3 Å². The number of anilines is 2. The Morgan fingerprint density at radius 3 is 2.77 bits per heavy atom. The summed E-state index contributed by atoms with van der Waals surface area (Å²) in [7, 11) is -0.522. The second-order valence-corrected chi connectivity index (χ2v) is 9.18. The Labute approximate surface area is 182 Å². The van der Waals surface area contributed by atoms with Crippen molar-refractivity contribution in [2.75, 3.05) is 18.2 Å². The number of pyridine rings is 2. The molecule has 0 radical (unpaired) electrons. The van der Waals surface area contributed by atoms with Gasteiger partial charge < -0.3 is 10.1 Å². The van der Waals surface area contributed by atoms with Crippen LogP contribution in [0.2, 0.25) is 0 Å². The van der Waals surface area contributed by atoms with Gasteiger partial charge in [0.1, 0.15) is 23.3 Å². The Morgan fingerprint density at radius 1 is 1.06 bits per heavy atom. The predicted molar refractivity (Wildman–Crippen MR) is 120 cm³/mol. The predicted octanol–water partition coefficient (Wildman–Crippen LogP) is 5.78. The number of halogens is 2. The molecule has 0 fully saturated rings. The largest absolute Gasteiger partial charge is 0.478 e. The highest BCUT2D eigenvalue weighted by atomic mass is 32.2. The summed E-state index contributed by atoms with van der Waals surface area (Å²) in [4.78, 5) is 8.66. The number of aryl methyl sites for hydroxylation is 1. The molecule has 2 aromatic heterocycles. The van der Waals surface area contributed by atoms with Crippen LogP contribution in [0, 0.1) is 16.4 Å². The molecule has 0 saturated heterocycles. The number of aromatic nitrogens is 2. The molecule has 0 aliphatic carbocycles. The number of hydrogen-bond acceptors (Lipinski definition) is 5. The summed E-state index contributed by atoms with van der Waals surface area (Å²) in [6.07, 6.45) is 6.24. The zero-order chi connectivity index (χ0) is 21.8. The van der Waals surface area contributed by atoms with E-state index in [1.54, 1.807) is 12.1 Å². The molecule has 8 heteroatoms. The van der Waals surface area contributed by atoms with E-state index in [0.717, 1.165) is 36.6 Å². The molecule has 0 saturated carbocycles. The van der Waals surface area contributed by atoms with Crippen LogP contribution in [-0.4, -0.2) is 22.8 Å². The van der Waals surface area contributed by atoms with Crippen LogP contribution in [0.25, 0.3) is 11.1 Å². The molecule has 4 bridgehead atoms. The van der Waals surface area contributed by atoms with Crippen molar-refractivity contribution in [2.45, 2.75) is 31.4 Å². The van der Waals surface area contributed by atoms with Crippen molar-refractivity contribution in [1.82, 2.24) is 9.97 Å². The summed E-state index contributed by atoms with van der Waals surface area (Å²) < 4.78 is 42.4. The molecule has 3 heterocycles. The monoisotopic (exact) mass is 442 g/mol. The number of fused-ring (bicyclic) bond motifs is 6. The van der Waals surface area contributed by atoms with E-state index >= 15 is 0 Å². The third-order valence-electron chi connectivity index (χ3n) is 5.05. The standard InChI is InChI=1S/C23H24F2N4OS/c1-31(26)14-15-9-22-28-21-12-19(20(25)13-27-21)18-7-6-17(24)11-16(18)5-3-2-4-8-30-23(10-15)29-22/h6-7,9-13,26H,2-5,8,14H2,1H3,(H,27,28,29). The average molecular weight is 443 g/mol. The lowest BCUT2D eigenvalue weighted by Gasteiger charge is -2.13. The van der Waals surface area contributed by atoms with Gasteiger partial charge in [-0.15, -0.1) is 10.7 Å². The van der Waals surface area contributed by atoms with Crippen LogP contribution < -0.4 is 10.1 Å². The number of nitrogens with one attached hydrogen (secondary N) is 2. The van der Waals surface area contributed by atoms with Gasteiger partial charge in [-0.05, 0) is 72.9 Å². The van der Waals surface area contributed by atoms with E-state index in [-0.39, 0.29) is 5.82 Å². The highest BCUT2D eigenvalue weighted by Crippen LogP contribution is 2.31. The van der Waals surface area contributed by atoms with E-state index in [2.05, 4.69) is 15.3 Å². The number of ether oxygens (including phenoxy) is 1. The second-order valence-electron chi connectivity index (χ2n) is 7.62. The van der Waals surface area contributed by atoms with Gasteiger partial charge in [0, 0.05) is 17.4 Å². The average Bonchev–Trinajstić information content (AvgIpc) is 2.71. The van der Waals surface area contributed by atoms with Gasteiger partial charge >= 0.3 is 0 Å². The first-order chi connectivity index (χ1) is 15.0. The molecule has 5 nitrogen and oxygen atoms in total. The van der Waals surface area contributed by atoms with Crippen molar-refractivity contribution < 1.29 is 13.5 Å². The molecule has 2 N–H and O–H groups in total. The fourth-order valence-corrected chi connectivity index (χ4v) is 4.34. The van der Waals surface area contributed by atoms with Crippen LogP contribution in [-0.2, 0) is 22.9 Å². The molecule has 3 aromatic rings. The number of rotatable bonds is 2. The normalized spacial score (nSPS) is 14.9. The van der Waals surface area contributed by atoms with Gasteiger partial charge in [-0.1, -0.05) is 6.07 Å². The van der Waals surface area contributed by atoms with Crippen LogP contribution in [0.3, 0.4) is 0 Å². The molecule has 4 rings (SSSR count). The van der Waals surface area contributed by atoms with E-state index in [0.29, 0.717) is 47.4 Å². The number of hydrogen-bond donors (Lipinski definition) is 2. The van der Waals surface area contributed by atoms with Crippen LogP contribution >= 0.6 is 0 Å². The van der Waals surface area contributed by atoms with E-state index in [9.17, 15) is 8.78 Å². The van der Waals surface area contributed by atoms with Gasteiger partial charge in [-0.25, -0.2) is 13.8 Å². The van der Waals surface area contributed by atoms with Crippen LogP contribution in [0.15, 0.2) is 42.6 Å². The first-order valence-electron chi connectivity index (χ1n) is 10.2. The molecule has 0 amide bonds. The Morgan fingerprint density at radius 2 is 1.94 bits per heavy atom. The summed E-state index contributed by atoms with van der Waals surface area (Å²) >= 11 is 0. The summed E-state index contributed by atoms with van der Waals surface area (Å²) in [6.45, 7) is 0.519. The minimum atomic E-state index is -0.522. The lowest BCUT2D eigenvalue weighted by molar-refractivity contribution is 0.294. The van der Waals surface area contributed by atoms with Gasteiger partial charge in [-0.3, -0.25) is 4.78 Å². The van der Waals surface area contributed by atoms with Crippen LogP contribution in [0.1, 0.15) is 30.4 Å². The lowest BCUT2D eigenvalue weighted by Crippen LogP contribution is -2.04. The van der Waals surface area contributed by atoms with E-state index in [1.807, 2.05) is 18.4 Å². The Kier molecular flexibility index (Phi) is 6.56. The van der Waals surface area contributed by atoms with Gasteiger partial charge in [0.2, 0.25) is 5.88 Å². The lowest BCUT2D eigenvalue weighted by atomic mass is 9.96. The summed E-state index contributed by atoms with van der Waals surface area (Å²) in [5.41, 5.74) is 2.76. The highest BCUT2D eigenvalue weighted by molar-refractivity contribution is 7.84. The fourth-order valence-electron chi connectivity index (χ4n) is 3.68. The highest BCUT2D eigenvalue weighted by Gasteiger charge is 2.14. The molecule has 1 aromatic carbocycles. The summed E-state index contributed by atoms with van der Waals surface area (Å²) in [5, 5.41) is 3.14. The third-order valence-corrected chi connectivity index (χ3v) is 5.82. The minimum Gasteiger partial charge on any atom is -0.478 e. The molecule has 1 unspecified atom stereocenters. The SMILES string of the molecule is CS(=N)Cc1cc2nc(c1)OCCCCCc1cc(F)ccc1-c1cc(ncc1F)N2. The first-order valence-corrected chi connectivity index (χ1v) is 12.0. The molecular formula is C23H24F2N4OS. The maximum atomic E-state index is 14.7. The van der Waals surface area contributed by atoms with Crippen LogP contribution in [0.5, 0.6) is 5.88 Å². The van der Waals surface area contributed by atoms with Crippen molar-refractivity contribution in [1.29, 1.82) is 4.78 Å². The molecule has 162 valence electrons. The summed E-state index contributed by atoms with van der Waals surface area (Å²) in [5.74, 6) is 1.25. The fraction of sp³-hybridized carbons (Fsp3) is 0.304. The minimum absolute atomic E-state index is 0.329. The molecule has 1 atom stereocenters. The molecular weight excluding hydrogens is 418 g/mol. The molecule has 0 spiro atoms. The summed E-state index contributed by atoms with van der Waals surface area (Å²) in [6, 6.07) is 9.81. The molecule has 31 heavy (non-hydrogen) atoms. The Hall–Kier alpha value is -2.87. The van der Waals surface area contributed by atoms with E-state index in [1.165, 1.54) is 12.1 Å². The van der Waals surface area contributed by atoms with Crippen molar-refractivity contribution in [3.63, 3.8) is 0 Å². The van der Waals surface area contributed by atoms with E-state index in [4.69, 9.17) is 9.52 Å². The van der Waals surface area contributed by atoms with Crippen LogP contribution in [0.4, 0.5) is 20.4 Å². The molecule has 1 aliphatic heterocycles. The van der Waals surface area contributed by atoms with Crippen molar-refractivity contribution in [3.8, 4) is 17.0 Å². The topological polar surface area (TPSA) is 70.9 Å². The maximum absolute atomic E-state index is 14.7. The van der Waals surface area contributed by atoms with Crippen molar-refractivity contribution in [3.05, 3.63) is 65.4 Å². The second kappa shape index (κ2) is 9.51. The van der Waals surface area contributed by atoms with E-state index < -0.39 is 16.5 Å². The number of benzene rings is 1. The zero-order valence-corrected chi connectivity index (χ0v) is 18.1. The molecule has 1 aliphatic rings. The Balaban J connectivity index is 1.78.